The fraction of sp³-hybridized carbons (Fsp3) is 0.571. The Labute approximate surface area is 108 Å². The van der Waals surface area contributed by atoms with Gasteiger partial charge in [-0.15, -0.1) is 0 Å². The zero-order valence-electron chi connectivity index (χ0n) is 10.6. The van der Waals surface area contributed by atoms with Crippen LogP contribution >= 0.6 is 11.8 Å². The first kappa shape index (κ1) is 12.8. The number of thioether (sulfide) groups is 1. The van der Waals surface area contributed by atoms with Crippen LogP contribution in [0.2, 0.25) is 0 Å². The van der Waals surface area contributed by atoms with Crippen LogP contribution in [0.25, 0.3) is 0 Å². The van der Waals surface area contributed by atoms with Crippen LogP contribution in [0.1, 0.15) is 31.4 Å². The van der Waals surface area contributed by atoms with E-state index in [1.165, 1.54) is 29.9 Å². The second-order valence-electron chi connectivity index (χ2n) is 4.52. The van der Waals surface area contributed by atoms with Crippen LogP contribution in [0.4, 0.5) is 0 Å². The van der Waals surface area contributed by atoms with Crippen LogP contribution in [-0.2, 0) is 0 Å². The SMILES string of the molecule is COc1ccccc1[C@@H](C)NC1CCSCC1. The lowest BCUT2D eigenvalue weighted by molar-refractivity contribution is 0.387. The molecule has 0 saturated carbocycles. The van der Waals surface area contributed by atoms with E-state index in [0.717, 1.165) is 5.75 Å². The molecule has 1 fully saturated rings. The highest BCUT2D eigenvalue weighted by Crippen LogP contribution is 2.26. The van der Waals surface area contributed by atoms with Crippen molar-refractivity contribution in [1.29, 1.82) is 0 Å². The van der Waals surface area contributed by atoms with Crippen LogP contribution in [0.3, 0.4) is 0 Å². The normalized spacial score (nSPS) is 18.9. The molecule has 0 amide bonds. The maximum Gasteiger partial charge on any atom is 0.123 e. The van der Waals surface area contributed by atoms with E-state index in [4.69, 9.17) is 4.74 Å². The average molecular weight is 251 g/mol. The third-order valence-electron chi connectivity index (χ3n) is 3.31. The molecule has 1 aliphatic rings. The van der Waals surface area contributed by atoms with Gasteiger partial charge in [-0.25, -0.2) is 0 Å². The summed E-state index contributed by atoms with van der Waals surface area (Å²) in [4.78, 5) is 0. The fourth-order valence-electron chi connectivity index (χ4n) is 2.33. The first-order valence-corrected chi connectivity index (χ1v) is 7.43. The second-order valence-corrected chi connectivity index (χ2v) is 5.74. The third-order valence-corrected chi connectivity index (χ3v) is 4.36. The van der Waals surface area contributed by atoms with Gasteiger partial charge in [0, 0.05) is 17.6 Å². The summed E-state index contributed by atoms with van der Waals surface area (Å²) < 4.78 is 5.41. The topological polar surface area (TPSA) is 21.3 Å². The molecular weight excluding hydrogens is 230 g/mol. The zero-order valence-corrected chi connectivity index (χ0v) is 11.4. The van der Waals surface area contributed by atoms with Gasteiger partial charge in [0.05, 0.1) is 7.11 Å². The molecule has 1 heterocycles. The zero-order chi connectivity index (χ0) is 12.1. The molecule has 1 aromatic carbocycles. The van der Waals surface area contributed by atoms with Gasteiger partial charge in [0.25, 0.3) is 0 Å². The fourth-order valence-corrected chi connectivity index (χ4v) is 3.44. The molecule has 1 saturated heterocycles. The standard InChI is InChI=1S/C14H21NOS/c1-11(15-12-7-9-17-10-8-12)13-5-3-4-6-14(13)16-2/h3-6,11-12,15H,7-10H2,1-2H3/t11-/m1/s1. The van der Waals surface area contributed by atoms with Crippen LogP contribution in [0, 0.1) is 0 Å². The smallest absolute Gasteiger partial charge is 0.123 e. The van der Waals surface area contributed by atoms with E-state index in [-0.39, 0.29) is 0 Å². The number of hydrogen-bond acceptors (Lipinski definition) is 3. The van der Waals surface area contributed by atoms with Crippen LogP contribution in [0.5, 0.6) is 5.75 Å². The van der Waals surface area contributed by atoms with Gasteiger partial charge >= 0.3 is 0 Å². The number of ether oxygens (including phenoxy) is 1. The lowest BCUT2D eigenvalue weighted by atomic mass is 10.0. The van der Waals surface area contributed by atoms with Crippen molar-refractivity contribution in [2.24, 2.45) is 0 Å². The summed E-state index contributed by atoms with van der Waals surface area (Å²) >= 11 is 2.06. The molecule has 0 bridgehead atoms. The van der Waals surface area contributed by atoms with Crippen molar-refractivity contribution in [1.82, 2.24) is 5.32 Å². The average Bonchev–Trinajstić information content (AvgIpc) is 2.40. The molecular formula is C14H21NOS. The predicted octanol–water partition coefficient (Wildman–Crippen LogP) is 3.24. The van der Waals surface area contributed by atoms with Crippen molar-refractivity contribution < 1.29 is 4.74 Å². The summed E-state index contributed by atoms with van der Waals surface area (Å²) in [6.07, 6.45) is 2.56. The van der Waals surface area contributed by atoms with Crippen molar-refractivity contribution >= 4 is 11.8 Å². The predicted molar refractivity (Wildman–Crippen MR) is 74.9 cm³/mol. The Bertz CT molecular complexity index is 350. The third kappa shape index (κ3) is 3.39. The minimum Gasteiger partial charge on any atom is -0.496 e. The minimum absolute atomic E-state index is 0.360. The number of methoxy groups -OCH3 is 1. The summed E-state index contributed by atoms with van der Waals surface area (Å²) in [7, 11) is 1.74. The molecule has 1 N–H and O–H groups in total. The highest BCUT2D eigenvalue weighted by Gasteiger charge is 2.18. The summed E-state index contributed by atoms with van der Waals surface area (Å²) in [5, 5.41) is 3.72. The Morgan fingerprint density at radius 3 is 2.71 bits per heavy atom. The number of rotatable bonds is 4. The Balaban J connectivity index is 2.00. The van der Waals surface area contributed by atoms with Crippen molar-refractivity contribution in [2.45, 2.75) is 31.8 Å². The molecule has 1 atom stereocenters. The minimum atomic E-state index is 0.360. The molecule has 1 aromatic rings. The van der Waals surface area contributed by atoms with Crippen LogP contribution in [0.15, 0.2) is 24.3 Å². The maximum absolute atomic E-state index is 5.41. The summed E-state index contributed by atoms with van der Waals surface area (Å²) in [5.74, 6) is 3.56. The first-order valence-electron chi connectivity index (χ1n) is 6.28. The molecule has 3 heteroatoms. The van der Waals surface area contributed by atoms with Crippen molar-refractivity contribution in [3.8, 4) is 5.75 Å². The largest absolute Gasteiger partial charge is 0.496 e. The van der Waals surface area contributed by atoms with E-state index in [9.17, 15) is 0 Å². The van der Waals surface area contributed by atoms with Crippen molar-refractivity contribution in [2.75, 3.05) is 18.6 Å². The maximum atomic E-state index is 5.41. The molecule has 0 unspecified atom stereocenters. The van der Waals surface area contributed by atoms with E-state index < -0.39 is 0 Å². The van der Waals surface area contributed by atoms with Gasteiger partial charge in [0.1, 0.15) is 5.75 Å². The van der Waals surface area contributed by atoms with E-state index in [1.54, 1.807) is 7.11 Å². The highest BCUT2D eigenvalue weighted by atomic mass is 32.2. The Morgan fingerprint density at radius 2 is 2.00 bits per heavy atom. The molecule has 2 rings (SSSR count). The van der Waals surface area contributed by atoms with Crippen LogP contribution < -0.4 is 10.1 Å². The van der Waals surface area contributed by atoms with Gasteiger partial charge in [-0.1, -0.05) is 18.2 Å². The molecule has 17 heavy (non-hydrogen) atoms. The number of benzene rings is 1. The van der Waals surface area contributed by atoms with E-state index in [1.807, 2.05) is 12.1 Å². The van der Waals surface area contributed by atoms with Gasteiger partial charge in [0.15, 0.2) is 0 Å². The van der Waals surface area contributed by atoms with E-state index in [2.05, 4.69) is 36.1 Å². The van der Waals surface area contributed by atoms with Crippen molar-refractivity contribution in [3.05, 3.63) is 29.8 Å². The van der Waals surface area contributed by atoms with Gasteiger partial charge in [0.2, 0.25) is 0 Å². The Kier molecular flexibility index (Phi) is 4.75. The molecule has 0 spiro atoms. The number of para-hydroxylation sites is 1. The van der Waals surface area contributed by atoms with Gasteiger partial charge in [-0.2, -0.15) is 11.8 Å². The van der Waals surface area contributed by atoms with Gasteiger partial charge in [-0.3, -0.25) is 0 Å². The molecule has 0 aliphatic carbocycles. The molecule has 94 valence electrons. The monoisotopic (exact) mass is 251 g/mol. The second kappa shape index (κ2) is 6.31. The summed E-state index contributed by atoms with van der Waals surface area (Å²) in [6.45, 7) is 2.22. The van der Waals surface area contributed by atoms with E-state index >= 15 is 0 Å². The lowest BCUT2D eigenvalue weighted by Crippen LogP contribution is -2.34. The Hall–Kier alpha value is -0.670. The Morgan fingerprint density at radius 1 is 1.29 bits per heavy atom. The molecule has 0 aromatic heterocycles. The lowest BCUT2D eigenvalue weighted by Gasteiger charge is -2.27. The molecule has 1 aliphatic heterocycles. The van der Waals surface area contributed by atoms with E-state index in [0.29, 0.717) is 12.1 Å². The van der Waals surface area contributed by atoms with Crippen LogP contribution in [-0.4, -0.2) is 24.7 Å². The van der Waals surface area contributed by atoms with Crippen molar-refractivity contribution in [3.63, 3.8) is 0 Å². The number of nitrogens with one attached hydrogen (secondary N) is 1. The number of hydrogen-bond donors (Lipinski definition) is 1. The highest BCUT2D eigenvalue weighted by molar-refractivity contribution is 7.99. The summed E-state index contributed by atoms with van der Waals surface area (Å²) in [6, 6.07) is 9.30. The molecule has 2 nitrogen and oxygen atoms in total. The quantitative estimate of drug-likeness (QED) is 0.887. The summed E-state index contributed by atoms with van der Waals surface area (Å²) in [5.41, 5.74) is 1.26. The molecule has 0 radical (unpaired) electrons. The van der Waals surface area contributed by atoms with Gasteiger partial charge < -0.3 is 10.1 Å². The first-order chi connectivity index (χ1) is 8.31. The van der Waals surface area contributed by atoms with Gasteiger partial charge in [-0.05, 0) is 37.3 Å².